The largest absolute Gasteiger partial charge is 0.481 e. The first kappa shape index (κ1) is 34.2. The van der Waals surface area contributed by atoms with Gasteiger partial charge in [0.05, 0.1) is 38.4 Å². The SMILES string of the molecule is Cc1c(CC(=O)NCCCOCCOCCOCCCNC(=O)c2ccc3nonc3c2)c(=O)oc2cc(CCC(=O)O)ccc12. The zero-order valence-corrected chi connectivity index (χ0v) is 25.7. The molecule has 14 nitrogen and oxygen atoms in total. The molecule has 0 bridgehead atoms. The Kier molecular flexibility index (Phi) is 13.2. The van der Waals surface area contributed by atoms with Gasteiger partial charge in [-0.3, -0.25) is 14.4 Å². The summed E-state index contributed by atoms with van der Waals surface area (Å²) in [4.78, 5) is 48.0. The van der Waals surface area contributed by atoms with Crippen molar-refractivity contribution in [2.45, 2.75) is 39.0 Å². The van der Waals surface area contributed by atoms with Crippen LogP contribution in [0.1, 0.15) is 46.3 Å². The Balaban J connectivity index is 0.985. The van der Waals surface area contributed by atoms with E-state index >= 15 is 0 Å². The fourth-order valence-corrected chi connectivity index (χ4v) is 4.62. The molecule has 46 heavy (non-hydrogen) atoms. The maximum atomic E-state index is 12.6. The molecule has 0 saturated carbocycles. The number of rotatable bonds is 20. The molecular formula is C32H38N4O10. The lowest BCUT2D eigenvalue weighted by molar-refractivity contribution is -0.137. The van der Waals surface area contributed by atoms with Crippen LogP contribution in [0, 0.1) is 6.92 Å². The summed E-state index contributed by atoms with van der Waals surface area (Å²) in [6, 6.07) is 10.2. The van der Waals surface area contributed by atoms with Crippen LogP contribution in [0.5, 0.6) is 0 Å². The van der Waals surface area contributed by atoms with Crippen LogP contribution in [0.15, 0.2) is 50.2 Å². The van der Waals surface area contributed by atoms with Crippen LogP contribution in [0.2, 0.25) is 0 Å². The topological polar surface area (TPSA) is 192 Å². The summed E-state index contributed by atoms with van der Waals surface area (Å²) in [7, 11) is 0. The first-order valence-electron chi connectivity index (χ1n) is 15.1. The summed E-state index contributed by atoms with van der Waals surface area (Å²) in [6.07, 6.45) is 1.47. The van der Waals surface area contributed by atoms with Crippen LogP contribution >= 0.6 is 0 Å². The number of carbonyl (C=O) groups excluding carboxylic acids is 2. The number of carboxylic acids is 1. The van der Waals surface area contributed by atoms with Gasteiger partial charge >= 0.3 is 11.6 Å². The quantitative estimate of drug-likeness (QED) is 0.0948. The maximum Gasteiger partial charge on any atom is 0.340 e. The number of aromatic nitrogens is 2. The van der Waals surface area contributed by atoms with Crippen LogP contribution in [-0.4, -0.2) is 85.9 Å². The minimum atomic E-state index is -0.899. The van der Waals surface area contributed by atoms with Gasteiger partial charge < -0.3 is 34.4 Å². The van der Waals surface area contributed by atoms with Gasteiger partial charge in [-0.05, 0) is 71.9 Å². The molecule has 0 radical (unpaired) electrons. The van der Waals surface area contributed by atoms with Crippen molar-refractivity contribution < 1.29 is 42.7 Å². The molecule has 2 amide bonds. The van der Waals surface area contributed by atoms with Crippen molar-refractivity contribution in [2.75, 3.05) is 52.7 Å². The van der Waals surface area contributed by atoms with Crippen LogP contribution in [0.4, 0.5) is 0 Å². The summed E-state index contributed by atoms with van der Waals surface area (Å²) in [5.74, 6) is -1.39. The highest BCUT2D eigenvalue weighted by Gasteiger charge is 2.15. The predicted octanol–water partition coefficient (Wildman–Crippen LogP) is 2.57. The number of fused-ring (bicyclic) bond motifs is 2. The predicted molar refractivity (Wildman–Crippen MR) is 166 cm³/mol. The van der Waals surface area contributed by atoms with Gasteiger partial charge in [0.25, 0.3) is 5.91 Å². The summed E-state index contributed by atoms with van der Waals surface area (Å²) in [5.41, 5.74) is 3.13. The Morgan fingerprint density at radius 3 is 2.24 bits per heavy atom. The van der Waals surface area contributed by atoms with Gasteiger partial charge in [-0.2, -0.15) is 0 Å². The van der Waals surface area contributed by atoms with E-state index in [0.29, 0.717) is 111 Å². The van der Waals surface area contributed by atoms with Gasteiger partial charge in [-0.1, -0.05) is 12.1 Å². The summed E-state index contributed by atoms with van der Waals surface area (Å²) >= 11 is 0. The third-order valence-corrected chi connectivity index (χ3v) is 7.12. The van der Waals surface area contributed by atoms with Gasteiger partial charge in [-0.25, -0.2) is 9.42 Å². The Bertz CT molecular complexity index is 1680. The number of ether oxygens (including phenoxy) is 3. The molecule has 4 rings (SSSR count). The van der Waals surface area contributed by atoms with E-state index in [1.807, 2.05) is 0 Å². The number of benzene rings is 2. The van der Waals surface area contributed by atoms with Crippen molar-refractivity contribution in [3.8, 4) is 0 Å². The number of amides is 2. The van der Waals surface area contributed by atoms with E-state index in [4.69, 9.17) is 23.7 Å². The van der Waals surface area contributed by atoms with E-state index < -0.39 is 11.6 Å². The molecule has 14 heteroatoms. The molecule has 0 aliphatic heterocycles. The molecule has 0 fully saturated rings. The van der Waals surface area contributed by atoms with Gasteiger partial charge in [0.2, 0.25) is 5.91 Å². The van der Waals surface area contributed by atoms with Crippen LogP contribution in [0.25, 0.3) is 22.0 Å². The van der Waals surface area contributed by atoms with Crippen molar-refractivity contribution in [3.05, 3.63) is 69.1 Å². The number of aliphatic carboxylic acids is 1. The minimum Gasteiger partial charge on any atom is -0.481 e. The number of nitrogens with zero attached hydrogens (tertiary/aromatic N) is 2. The van der Waals surface area contributed by atoms with Gasteiger partial charge in [0, 0.05) is 43.7 Å². The van der Waals surface area contributed by atoms with E-state index in [9.17, 15) is 19.2 Å². The van der Waals surface area contributed by atoms with E-state index in [-0.39, 0.29) is 24.7 Å². The zero-order valence-electron chi connectivity index (χ0n) is 25.7. The number of aryl methyl sites for hydroxylation is 2. The zero-order chi connectivity index (χ0) is 32.7. The average molecular weight is 639 g/mol. The standard InChI is InChI=1S/C32H38N4O10/c1-21-24-7-4-22(5-9-30(38)39)18-28(24)45-32(41)25(21)20-29(37)33-10-2-12-42-14-16-44-17-15-43-13-3-11-34-31(40)23-6-8-26-27(19-23)36-46-35-26/h4,6-8,18-19H,2-3,5,9-17,20H2,1H3,(H,33,37)(H,34,40)(H,38,39). The molecule has 0 spiro atoms. The lowest BCUT2D eigenvalue weighted by Gasteiger charge is -2.10. The first-order valence-corrected chi connectivity index (χ1v) is 15.1. The van der Waals surface area contributed by atoms with Gasteiger partial charge in [-0.15, -0.1) is 0 Å². The van der Waals surface area contributed by atoms with Crippen molar-refractivity contribution in [3.63, 3.8) is 0 Å². The fraction of sp³-hybridized carbons (Fsp3) is 0.438. The lowest BCUT2D eigenvalue weighted by Crippen LogP contribution is -2.29. The summed E-state index contributed by atoms with van der Waals surface area (Å²) in [6.45, 7) is 5.24. The molecule has 246 valence electrons. The van der Waals surface area contributed by atoms with Crippen LogP contribution in [0.3, 0.4) is 0 Å². The molecule has 2 heterocycles. The molecule has 0 saturated heterocycles. The van der Waals surface area contributed by atoms with E-state index in [1.54, 1.807) is 43.3 Å². The summed E-state index contributed by atoms with van der Waals surface area (Å²) < 4.78 is 26.6. The maximum absolute atomic E-state index is 12.6. The first-order chi connectivity index (χ1) is 22.3. The molecule has 0 aliphatic rings. The Hall–Kier alpha value is -4.66. The molecule has 3 N–H and O–H groups in total. The van der Waals surface area contributed by atoms with E-state index in [2.05, 4.69) is 25.6 Å². The third-order valence-electron chi connectivity index (χ3n) is 7.12. The minimum absolute atomic E-state index is 0.0160. The third kappa shape index (κ3) is 10.5. The second-order valence-electron chi connectivity index (χ2n) is 10.5. The number of carboxylic acid groups (broad SMARTS) is 1. The van der Waals surface area contributed by atoms with E-state index in [0.717, 1.165) is 5.56 Å². The Morgan fingerprint density at radius 2 is 1.52 bits per heavy atom. The molecule has 2 aromatic carbocycles. The number of carbonyl (C=O) groups is 3. The highest BCUT2D eigenvalue weighted by molar-refractivity contribution is 5.97. The normalized spacial score (nSPS) is 11.2. The van der Waals surface area contributed by atoms with E-state index in [1.165, 1.54) is 0 Å². The second-order valence-corrected chi connectivity index (χ2v) is 10.5. The number of hydrogen-bond acceptors (Lipinski definition) is 11. The molecule has 0 aliphatic carbocycles. The Labute approximate surface area is 264 Å². The van der Waals surface area contributed by atoms with Crippen molar-refractivity contribution in [1.29, 1.82) is 0 Å². The van der Waals surface area contributed by atoms with Crippen molar-refractivity contribution in [2.24, 2.45) is 0 Å². The fourth-order valence-electron chi connectivity index (χ4n) is 4.62. The second kappa shape index (κ2) is 17.7. The van der Waals surface area contributed by atoms with Gasteiger partial charge in [0.15, 0.2) is 0 Å². The molecular weight excluding hydrogens is 600 g/mol. The molecule has 0 atom stereocenters. The highest BCUT2D eigenvalue weighted by Crippen LogP contribution is 2.22. The summed E-state index contributed by atoms with van der Waals surface area (Å²) in [5, 5.41) is 22.7. The monoisotopic (exact) mass is 638 g/mol. The lowest BCUT2D eigenvalue weighted by atomic mass is 10.0. The van der Waals surface area contributed by atoms with Crippen LogP contribution in [-0.2, 0) is 36.6 Å². The Morgan fingerprint density at radius 1 is 0.848 bits per heavy atom. The van der Waals surface area contributed by atoms with Crippen molar-refractivity contribution in [1.82, 2.24) is 20.9 Å². The molecule has 2 aromatic heterocycles. The number of hydrogen-bond donors (Lipinski definition) is 3. The number of nitrogens with one attached hydrogen (secondary N) is 2. The smallest absolute Gasteiger partial charge is 0.340 e. The molecule has 4 aromatic rings. The van der Waals surface area contributed by atoms with Crippen LogP contribution < -0.4 is 16.3 Å². The highest BCUT2D eigenvalue weighted by atomic mass is 16.6. The molecule has 0 unspecified atom stereocenters. The average Bonchev–Trinajstić information content (AvgIpc) is 3.52. The van der Waals surface area contributed by atoms with Gasteiger partial charge in [0.1, 0.15) is 16.6 Å². The van der Waals surface area contributed by atoms with Crippen molar-refractivity contribution >= 4 is 39.8 Å².